The number of hydrogen-bond donors (Lipinski definition) is 2. The molecule has 0 saturated heterocycles. The van der Waals surface area contributed by atoms with Gasteiger partial charge in [-0.05, 0) is 6.08 Å². The minimum atomic E-state index is -0.375. The Morgan fingerprint density at radius 3 is 3.18 bits per heavy atom. The largest absolute Gasteiger partial charge is 0.384 e. The maximum absolute atomic E-state index is 11.0. The van der Waals surface area contributed by atoms with Gasteiger partial charge in [0.2, 0.25) is 5.91 Å². The van der Waals surface area contributed by atoms with E-state index in [4.69, 9.17) is 5.73 Å². The molecule has 1 atom stereocenters. The Labute approximate surface area is 62.7 Å². The molecular formula is C6H6N4O. The topological polar surface area (TPSA) is 79.8 Å². The lowest BCUT2D eigenvalue weighted by Crippen LogP contribution is -2.36. The normalized spacial score (nSPS) is 27.3. The number of amidine groups is 1. The van der Waals surface area contributed by atoms with Gasteiger partial charge in [-0.15, -0.1) is 0 Å². The van der Waals surface area contributed by atoms with Crippen LogP contribution in [0.25, 0.3) is 0 Å². The molecule has 0 radical (unpaired) electrons. The van der Waals surface area contributed by atoms with Gasteiger partial charge in [0.05, 0.1) is 6.34 Å². The Balaban J connectivity index is 2.42. The molecular weight excluding hydrogens is 144 g/mol. The second-order valence-electron chi connectivity index (χ2n) is 2.31. The van der Waals surface area contributed by atoms with E-state index >= 15 is 0 Å². The third-order valence-corrected chi connectivity index (χ3v) is 1.55. The van der Waals surface area contributed by atoms with Crippen molar-refractivity contribution in [3.63, 3.8) is 0 Å². The average molecular weight is 150 g/mol. The molecule has 0 spiro atoms. The Morgan fingerprint density at radius 1 is 1.64 bits per heavy atom. The number of carbonyl (C=O) groups is 1. The van der Waals surface area contributed by atoms with Crippen LogP contribution in [0.3, 0.4) is 0 Å². The number of fused-ring (bicyclic) bond motifs is 1. The zero-order valence-corrected chi connectivity index (χ0v) is 5.61. The van der Waals surface area contributed by atoms with Gasteiger partial charge in [-0.25, -0.2) is 9.98 Å². The molecule has 11 heavy (non-hydrogen) atoms. The van der Waals surface area contributed by atoms with Crippen LogP contribution in [-0.4, -0.2) is 18.1 Å². The first kappa shape index (κ1) is 6.09. The van der Waals surface area contributed by atoms with Crippen molar-refractivity contribution in [1.29, 1.82) is 0 Å². The molecule has 5 heteroatoms. The zero-order chi connectivity index (χ0) is 7.84. The zero-order valence-electron chi connectivity index (χ0n) is 5.61. The first-order valence-electron chi connectivity index (χ1n) is 3.16. The molecule has 0 aromatic heterocycles. The third kappa shape index (κ3) is 0.813. The van der Waals surface area contributed by atoms with Crippen LogP contribution in [0.4, 0.5) is 0 Å². The highest BCUT2D eigenvalue weighted by molar-refractivity contribution is 6.15. The molecule has 2 aliphatic heterocycles. The van der Waals surface area contributed by atoms with Crippen LogP contribution >= 0.6 is 0 Å². The number of rotatable bonds is 0. The van der Waals surface area contributed by atoms with Gasteiger partial charge in [0, 0.05) is 0 Å². The fourth-order valence-electron chi connectivity index (χ4n) is 1.04. The van der Waals surface area contributed by atoms with E-state index in [0.29, 0.717) is 11.7 Å². The van der Waals surface area contributed by atoms with Gasteiger partial charge in [-0.2, -0.15) is 0 Å². The minimum Gasteiger partial charge on any atom is -0.384 e. The first-order chi connectivity index (χ1) is 5.27. The van der Waals surface area contributed by atoms with Crippen LogP contribution < -0.4 is 11.1 Å². The van der Waals surface area contributed by atoms with Crippen LogP contribution in [0, 0.1) is 5.92 Å². The minimum absolute atomic E-state index is 0.126. The summed E-state index contributed by atoms with van der Waals surface area (Å²) in [7, 11) is 0. The Kier molecular flexibility index (Phi) is 1.06. The number of carbonyl (C=O) groups excluding carboxylic acids is 1. The van der Waals surface area contributed by atoms with Crippen molar-refractivity contribution in [2.45, 2.75) is 0 Å². The van der Waals surface area contributed by atoms with Crippen LogP contribution in [0.5, 0.6) is 0 Å². The standard InChI is InChI=1S/C6H6N4O/c7-4-1-3-5(10-4)8-2-9-6(3)11/h1-3H,7H2,(H,8,9,10,11). The maximum Gasteiger partial charge on any atom is 0.239 e. The lowest BCUT2D eigenvalue weighted by molar-refractivity contribution is -0.120. The summed E-state index contributed by atoms with van der Waals surface area (Å²) in [6, 6.07) is 0. The van der Waals surface area contributed by atoms with E-state index in [-0.39, 0.29) is 11.8 Å². The van der Waals surface area contributed by atoms with Gasteiger partial charge in [0.25, 0.3) is 0 Å². The van der Waals surface area contributed by atoms with Gasteiger partial charge in [-0.3, -0.25) is 4.79 Å². The molecule has 0 aliphatic carbocycles. The van der Waals surface area contributed by atoms with Gasteiger partial charge < -0.3 is 11.1 Å². The fourth-order valence-corrected chi connectivity index (χ4v) is 1.04. The summed E-state index contributed by atoms with van der Waals surface area (Å²) >= 11 is 0. The number of nitrogens with zero attached hydrogens (tertiary/aromatic N) is 2. The Morgan fingerprint density at radius 2 is 2.45 bits per heavy atom. The number of nitrogens with two attached hydrogens (primary N) is 1. The van der Waals surface area contributed by atoms with Crippen LogP contribution in [0.15, 0.2) is 21.9 Å². The van der Waals surface area contributed by atoms with Crippen molar-refractivity contribution >= 4 is 18.1 Å². The molecule has 0 fully saturated rings. The van der Waals surface area contributed by atoms with E-state index in [1.165, 1.54) is 6.34 Å². The molecule has 1 amide bonds. The summed E-state index contributed by atoms with van der Waals surface area (Å²) in [5.74, 6) is 0.338. The van der Waals surface area contributed by atoms with Crippen molar-refractivity contribution in [1.82, 2.24) is 5.32 Å². The van der Waals surface area contributed by atoms with Gasteiger partial charge in [0.15, 0.2) is 0 Å². The van der Waals surface area contributed by atoms with E-state index in [1.54, 1.807) is 6.08 Å². The molecule has 1 unspecified atom stereocenters. The molecule has 5 nitrogen and oxygen atoms in total. The third-order valence-electron chi connectivity index (χ3n) is 1.55. The van der Waals surface area contributed by atoms with Crippen molar-refractivity contribution in [2.24, 2.45) is 21.6 Å². The first-order valence-corrected chi connectivity index (χ1v) is 3.16. The van der Waals surface area contributed by atoms with Crippen LogP contribution in [0.1, 0.15) is 0 Å². The average Bonchev–Trinajstić information content (AvgIpc) is 2.31. The van der Waals surface area contributed by atoms with E-state index in [2.05, 4.69) is 15.3 Å². The van der Waals surface area contributed by atoms with E-state index in [1.807, 2.05) is 0 Å². The lowest BCUT2D eigenvalue weighted by atomic mass is 10.1. The molecule has 0 aromatic carbocycles. The SMILES string of the molecule is NC1=CC2C(=O)NC=NC2=N1. The maximum atomic E-state index is 11.0. The Bertz CT molecular complexity index is 302. The summed E-state index contributed by atoms with van der Waals surface area (Å²) in [5, 5.41) is 2.46. The van der Waals surface area contributed by atoms with Crippen molar-refractivity contribution in [2.75, 3.05) is 0 Å². The van der Waals surface area contributed by atoms with Crippen molar-refractivity contribution in [3.05, 3.63) is 11.9 Å². The molecule has 3 N–H and O–H groups in total. The highest BCUT2D eigenvalue weighted by atomic mass is 16.2. The molecule has 56 valence electrons. The Hall–Kier alpha value is -1.65. The second-order valence-corrected chi connectivity index (χ2v) is 2.31. The van der Waals surface area contributed by atoms with Crippen LogP contribution in [-0.2, 0) is 4.79 Å². The van der Waals surface area contributed by atoms with E-state index < -0.39 is 0 Å². The number of aliphatic imine (C=N–C) groups is 2. The van der Waals surface area contributed by atoms with Crippen LogP contribution in [0.2, 0.25) is 0 Å². The summed E-state index contributed by atoms with van der Waals surface area (Å²) < 4.78 is 0. The molecule has 2 rings (SSSR count). The van der Waals surface area contributed by atoms with Gasteiger partial charge in [-0.1, -0.05) is 0 Å². The van der Waals surface area contributed by atoms with E-state index in [9.17, 15) is 4.79 Å². The highest BCUT2D eigenvalue weighted by Gasteiger charge is 2.28. The van der Waals surface area contributed by atoms with Gasteiger partial charge >= 0.3 is 0 Å². The smallest absolute Gasteiger partial charge is 0.239 e. The van der Waals surface area contributed by atoms with E-state index in [0.717, 1.165) is 0 Å². The predicted molar refractivity (Wildman–Crippen MR) is 39.8 cm³/mol. The summed E-state index contributed by atoms with van der Waals surface area (Å²) in [6.07, 6.45) is 2.91. The molecule has 2 heterocycles. The second kappa shape index (κ2) is 1.91. The summed E-state index contributed by atoms with van der Waals surface area (Å²) in [6.45, 7) is 0. The number of amides is 1. The fraction of sp³-hybridized carbons (Fsp3) is 0.167. The number of nitrogens with one attached hydrogen (secondary N) is 1. The summed E-state index contributed by atoms with van der Waals surface area (Å²) in [4.78, 5) is 18.7. The van der Waals surface area contributed by atoms with Crippen molar-refractivity contribution in [3.8, 4) is 0 Å². The van der Waals surface area contributed by atoms with Gasteiger partial charge in [0.1, 0.15) is 17.6 Å². The number of hydrogen-bond acceptors (Lipinski definition) is 4. The quantitative estimate of drug-likeness (QED) is 0.463. The predicted octanol–water partition coefficient (Wildman–Crippen LogP) is -1.03. The molecule has 0 aromatic rings. The highest BCUT2D eigenvalue weighted by Crippen LogP contribution is 2.16. The lowest BCUT2D eigenvalue weighted by Gasteiger charge is -2.10. The summed E-state index contributed by atoms with van der Waals surface area (Å²) in [5.41, 5.74) is 5.38. The molecule has 0 saturated carbocycles. The monoisotopic (exact) mass is 150 g/mol. The molecule has 0 bridgehead atoms. The molecule has 2 aliphatic rings. The van der Waals surface area contributed by atoms with Crippen molar-refractivity contribution < 1.29 is 4.79 Å².